The average molecular weight is 599 g/mol. The van der Waals surface area contributed by atoms with E-state index in [4.69, 9.17) is 18.9 Å². The van der Waals surface area contributed by atoms with Crippen molar-refractivity contribution in [2.45, 2.75) is 38.5 Å². The van der Waals surface area contributed by atoms with Crippen LogP contribution < -0.4 is 24.3 Å². The van der Waals surface area contributed by atoms with Gasteiger partial charge in [0, 0.05) is 29.7 Å². The first-order valence-electron chi connectivity index (χ1n) is 13.7. The van der Waals surface area contributed by atoms with Crippen LogP contribution in [0.2, 0.25) is 0 Å². The predicted octanol–water partition coefficient (Wildman–Crippen LogP) is 5.36. The molecule has 0 saturated heterocycles. The standard InChI is InChI=1S/C32H30N4O6S/c1-19-4-6-22(7-5-19)15-36(29(37)16-43-32-33-20(2)12-21(3)34-32)30(23-8-10-25-27(13-23)41-17-39-25)31(38)35-24-9-11-26-28(14-24)42-18-40-26/h4-14,30H,15-18H2,1-3H3,(H,35,38)/t30-/m0/s1. The van der Waals surface area contributed by atoms with Gasteiger partial charge in [-0.25, -0.2) is 9.97 Å². The first-order valence-corrected chi connectivity index (χ1v) is 14.7. The van der Waals surface area contributed by atoms with Gasteiger partial charge in [0.15, 0.2) is 28.2 Å². The van der Waals surface area contributed by atoms with Crippen LogP contribution in [0.4, 0.5) is 5.69 Å². The molecule has 0 unspecified atom stereocenters. The molecule has 43 heavy (non-hydrogen) atoms. The Morgan fingerprint density at radius 2 is 1.44 bits per heavy atom. The minimum Gasteiger partial charge on any atom is -0.454 e. The Morgan fingerprint density at radius 1 is 0.814 bits per heavy atom. The molecule has 1 aromatic heterocycles. The molecule has 2 amide bonds. The maximum atomic E-state index is 14.2. The fourth-order valence-electron chi connectivity index (χ4n) is 4.92. The lowest BCUT2D eigenvalue weighted by Crippen LogP contribution is -2.41. The van der Waals surface area contributed by atoms with Crippen molar-refractivity contribution in [3.63, 3.8) is 0 Å². The number of ether oxygens (including phenoxy) is 4. The molecule has 0 saturated carbocycles. The highest BCUT2D eigenvalue weighted by atomic mass is 32.2. The summed E-state index contributed by atoms with van der Waals surface area (Å²) in [6, 6.07) is 19.2. The normalized spacial score (nSPS) is 13.5. The highest BCUT2D eigenvalue weighted by Gasteiger charge is 2.33. The summed E-state index contributed by atoms with van der Waals surface area (Å²) in [5, 5.41) is 3.49. The Hall–Kier alpha value is -4.77. The summed E-state index contributed by atoms with van der Waals surface area (Å²) in [6.45, 7) is 6.18. The van der Waals surface area contributed by atoms with Crippen molar-refractivity contribution < 1.29 is 28.5 Å². The van der Waals surface area contributed by atoms with E-state index in [1.165, 1.54) is 11.8 Å². The van der Waals surface area contributed by atoms with Crippen molar-refractivity contribution in [1.29, 1.82) is 0 Å². The van der Waals surface area contributed by atoms with E-state index in [1.807, 2.05) is 51.1 Å². The fourth-order valence-corrected chi connectivity index (χ4v) is 5.76. The van der Waals surface area contributed by atoms with Gasteiger partial charge >= 0.3 is 0 Å². The number of nitrogens with zero attached hydrogens (tertiary/aromatic N) is 3. The van der Waals surface area contributed by atoms with Crippen LogP contribution in [0.15, 0.2) is 71.9 Å². The number of nitrogens with one attached hydrogen (secondary N) is 1. The summed E-state index contributed by atoms with van der Waals surface area (Å²) in [5.74, 6) is 1.62. The highest BCUT2D eigenvalue weighted by molar-refractivity contribution is 7.99. The third-order valence-corrected chi connectivity index (χ3v) is 7.82. The number of anilines is 1. The number of thioether (sulfide) groups is 1. The smallest absolute Gasteiger partial charge is 0.251 e. The zero-order valence-corrected chi connectivity index (χ0v) is 24.8. The molecule has 10 nitrogen and oxygen atoms in total. The van der Waals surface area contributed by atoms with Crippen LogP contribution in [-0.2, 0) is 16.1 Å². The largest absolute Gasteiger partial charge is 0.454 e. The summed E-state index contributed by atoms with van der Waals surface area (Å²) in [5.41, 5.74) is 4.71. The molecule has 11 heteroatoms. The summed E-state index contributed by atoms with van der Waals surface area (Å²) in [4.78, 5) is 38.8. The van der Waals surface area contributed by atoms with Gasteiger partial charge in [-0.3, -0.25) is 9.59 Å². The van der Waals surface area contributed by atoms with Crippen LogP contribution >= 0.6 is 11.8 Å². The van der Waals surface area contributed by atoms with Gasteiger partial charge in [-0.05, 0) is 62.2 Å². The zero-order valence-electron chi connectivity index (χ0n) is 24.0. The maximum absolute atomic E-state index is 14.2. The lowest BCUT2D eigenvalue weighted by Gasteiger charge is -2.31. The number of carbonyl (C=O) groups excluding carboxylic acids is 2. The number of hydrogen-bond donors (Lipinski definition) is 1. The second-order valence-corrected chi connectivity index (χ2v) is 11.2. The van der Waals surface area contributed by atoms with Crippen molar-refractivity contribution in [2.75, 3.05) is 24.7 Å². The number of fused-ring (bicyclic) bond motifs is 2. The zero-order chi connectivity index (χ0) is 29.9. The summed E-state index contributed by atoms with van der Waals surface area (Å²) in [7, 11) is 0. The molecule has 3 heterocycles. The molecule has 0 fully saturated rings. The second kappa shape index (κ2) is 12.2. The molecular formula is C32H30N4O6S. The van der Waals surface area contributed by atoms with Crippen molar-refractivity contribution in [3.8, 4) is 23.0 Å². The lowest BCUT2D eigenvalue weighted by atomic mass is 10.0. The monoisotopic (exact) mass is 598 g/mol. The minimum atomic E-state index is -1.01. The summed E-state index contributed by atoms with van der Waals surface area (Å²) in [6.07, 6.45) is 0. The summed E-state index contributed by atoms with van der Waals surface area (Å²) >= 11 is 1.24. The van der Waals surface area contributed by atoms with E-state index in [1.54, 1.807) is 41.3 Å². The molecule has 0 radical (unpaired) electrons. The highest BCUT2D eigenvalue weighted by Crippen LogP contribution is 2.38. The van der Waals surface area contributed by atoms with Crippen molar-refractivity contribution in [2.24, 2.45) is 0 Å². The Balaban J connectivity index is 1.36. The first kappa shape index (κ1) is 28.4. The van der Waals surface area contributed by atoms with E-state index in [0.29, 0.717) is 39.4 Å². The van der Waals surface area contributed by atoms with E-state index in [0.717, 1.165) is 22.5 Å². The molecular weight excluding hydrogens is 568 g/mol. The topological polar surface area (TPSA) is 112 Å². The van der Waals surface area contributed by atoms with Crippen LogP contribution in [0.1, 0.15) is 34.1 Å². The van der Waals surface area contributed by atoms with E-state index >= 15 is 0 Å². The number of rotatable bonds is 9. The van der Waals surface area contributed by atoms with Crippen LogP contribution in [0.25, 0.3) is 0 Å². The minimum absolute atomic E-state index is 0.0348. The molecule has 0 spiro atoms. The predicted molar refractivity (Wildman–Crippen MR) is 160 cm³/mol. The maximum Gasteiger partial charge on any atom is 0.251 e. The van der Waals surface area contributed by atoms with Crippen LogP contribution in [0, 0.1) is 20.8 Å². The van der Waals surface area contributed by atoms with Gasteiger partial charge in [-0.2, -0.15) is 0 Å². The van der Waals surface area contributed by atoms with Crippen LogP contribution in [0.5, 0.6) is 23.0 Å². The van der Waals surface area contributed by atoms with Gasteiger partial charge in [0.1, 0.15) is 6.04 Å². The van der Waals surface area contributed by atoms with Crippen molar-refractivity contribution in [3.05, 3.63) is 94.8 Å². The molecule has 1 atom stereocenters. The Kier molecular flexibility index (Phi) is 8.06. The van der Waals surface area contributed by atoms with Gasteiger partial charge in [0.2, 0.25) is 19.5 Å². The van der Waals surface area contributed by atoms with E-state index in [9.17, 15) is 9.59 Å². The quantitative estimate of drug-likeness (QED) is 0.201. The molecule has 6 rings (SSSR count). The van der Waals surface area contributed by atoms with Crippen molar-refractivity contribution >= 4 is 29.3 Å². The first-order chi connectivity index (χ1) is 20.8. The second-order valence-electron chi connectivity index (χ2n) is 10.3. The number of aromatic nitrogens is 2. The van der Waals surface area contributed by atoms with E-state index in [2.05, 4.69) is 15.3 Å². The van der Waals surface area contributed by atoms with E-state index in [-0.39, 0.29) is 31.8 Å². The number of carbonyl (C=O) groups is 2. The molecule has 4 aromatic rings. The number of aryl methyl sites for hydroxylation is 3. The van der Waals surface area contributed by atoms with Gasteiger partial charge in [-0.15, -0.1) is 0 Å². The Labute approximate surface area is 253 Å². The molecule has 0 aliphatic carbocycles. The molecule has 1 N–H and O–H groups in total. The van der Waals surface area contributed by atoms with Crippen molar-refractivity contribution in [1.82, 2.24) is 14.9 Å². The van der Waals surface area contributed by atoms with Gasteiger partial charge in [0.25, 0.3) is 5.91 Å². The molecule has 220 valence electrons. The van der Waals surface area contributed by atoms with Crippen LogP contribution in [0.3, 0.4) is 0 Å². The Bertz CT molecular complexity index is 1660. The number of benzene rings is 3. The third kappa shape index (κ3) is 6.51. The fraction of sp³-hybridized carbons (Fsp3) is 0.250. The molecule has 2 aliphatic heterocycles. The van der Waals surface area contributed by atoms with Gasteiger partial charge < -0.3 is 29.2 Å². The Morgan fingerprint density at radius 3 is 2.14 bits per heavy atom. The molecule has 3 aromatic carbocycles. The molecule has 0 bridgehead atoms. The lowest BCUT2D eigenvalue weighted by molar-refractivity contribution is -0.137. The third-order valence-electron chi connectivity index (χ3n) is 6.99. The number of amides is 2. The summed E-state index contributed by atoms with van der Waals surface area (Å²) < 4.78 is 22.0. The SMILES string of the molecule is Cc1ccc(CN(C(=O)CSc2nc(C)cc(C)n2)[C@H](C(=O)Nc2ccc3c(c2)OCO3)c2ccc3c(c2)OCO3)cc1. The molecule has 2 aliphatic rings. The number of hydrogen-bond acceptors (Lipinski definition) is 9. The van der Waals surface area contributed by atoms with Gasteiger partial charge in [0.05, 0.1) is 5.75 Å². The van der Waals surface area contributed by atoms with Gasteiger partial charge in [-0.1, -0.05) is 47.7 Å². The van der Waals surface area contributed by atoms with E-state index < -0.39 is 11.9 Å². The average Bonchev–Trinajstić information content (AvgIpc) is 3.65. The van der Waals surface area contributed by atoms with Crippen LogP contribution in [-0.4, -0.2) is 46.0 Å².